The maximum atomic E-state index is 10.3. The van der Waals surface area contributed by atoms with Gasteiger partial charge in [0.1, 0.15) is 30.1 Å². The van der Waals surface area contributed by atoms with Crippen LogP contribution in [0, 0.1) is 57.7 Å². The van der Waals surface area contributed by atoms with Crippen LogP contribution in [-0.2, 0) is 0 Å². The highest BCUT2D eigenvalue weighted by molar-refractivity contribution is 5.70. The molecule has 4 fully saturated rings. The van der Waals surface area contributed by atoms with Crippen LogP contribution in [-0.4, -0.2) is 6.10 Å². The first kappa shape index (κ1) is 20.1. The van der Waals surface area contributed by atoms with E-state index in [-0.39, 0.29) is 12.0 Å². The Hall–Kier alpha value is -2.51. The SMILES string of the molecule is N#Cc1c(C#N)c2c(c(C3C4CCCCC4C4CCCCC43)c1C#N)OC1CCCCC21. The number of fused-ring (bicyclic) bond motifs is 6. The summed E-state index contributed by atoms with van der Waals surface area (Å²) in [5, 5.41) is 30.5. The van der Waals surface area contributed by atoms with Crippen molar-refractivity contribution >= 4 is 0 Å². The van der Waals surface area contributed by atoms with Crippen molar-refractivity contribution in [1.82, 2.24) is 0 Å². The van der Waals surface area contributed by atoms with Crippen molar-refractivity contribution in [3.8, 4) is 24.0 Å². The van der Waals surface area contributed by atoms with Gasteiger partial charge in [0, 0.05) is 17.0 Å². The predicted octanol–water partition coefficient (Wildman–Crippen LogP) is 6.43. The molecule has 4 heteroatoms. The minimum atomic E-state index is 0.107. The van der Waals surface area contributed by atoms with Gasteiger partial charge < -0.3 is 4.74 Å². The Morgan fingerprint density at radius 2 is 1.06 bits per heavy atom. The number of benzene rings is 1. The summed E-state index contributed by atoms with van der Waals surface area (Å²) < 4.78 is 6.69. The molecule has 4 saturated carbocycles. The van der Waals surface area contributed by atoms with E-state index in [1.165, 1.54) is 51.4 Å². The first-order chi connectivity index (χ1) is 15.8. The van der Waals surface area contributed by atoms with Gasteiger partial charge in [0.25, 0.3) is 0 Å². The minimum Gasteiger partial charge on any atom is -0.489 e. The zero-order chi connectivity index (χ0) is 21.8. The third kappa shape index (κ3) is 2.70. The fraction of sp³-hybridized carbons (Fsp3) is 0.679. The molecular weight excluding hydrogens is 394 g/mol. The van der Waals surface area contributed by atoms with Crippen molar-refractivity contribution in [3.63, 3.8) is 0 Å². The lowest BCUT2D eigenvalue weighted by molar-refractivity contribution is 0.160. The Labute approximate surface area is 191 Å². The average Bonchev–Trinajstić information content (AvgIpc) is 3.39. The van der Waals surface area contributed by atoms with Gasteiger partial charge >= 0.3 is 0 Å². The molecule has 1 heterocycles. The predicted molar refractivity (Wildman–Crippen MR) is 120 cm³/mol. The molecule has 1 aromatic rings. The molecule has 5 aliphatic rings. The van der Waals surface area contributed by atoms with Crippen molar-refractivity contribution < 1.29 is 4.74 Å². The fourth-order valence-corrected chi connectivity index (χ4v) is 8.71. The van der Waals surface area contributed by atoms with Crippen molar-refractivity contribution in [1.29, 1.82) is 15.8 Å². The monoisotopic (exact) mass is 425 g/mol. The standard InChI is InChI=1S/C28H31N3O/c29-13-21-22(14-30)26-20-11-5-6-12-24(20)32-28(26)27(23(21)15-31)25-18-9-3-1-7-16(18)17-8-2-4-10-19(17)25/h16-20,24-25H,1-12H2. The van der Waals surface area contributed by atoms with Gasteiger partial charge in [-0.25, -0.2) is 0 Å². The van der Waals surface area contributed by atoms with E-state index in [1.807, 2.05) is 0 Å². The average molecular weight is 426 g/mol. The van der Waals surface area contributed by atoms with E-state index in [4.69, 9.17) is 4.74 Å². The van der Waals surface area contributed by atoms with E-state index in [1.54, 1.807) is 0 Å². The third-order valence-corrected chi connectivity index (χ3v) is 9.76. The summed E-state index contributed by atoms with van der Waals surface area (Å²) in [7, 11) is 0. The van der Waals surface area contributed by atoms with Crippen LogP contribution < -0.4 is 4.74 Å². The normalized spacial score (nSPS) is 37.0. The number of ether oxygens (including phenoxy) is 1. The van der Waals surface area contributed by atoms with Crippen LogP contribution in [0.5, 0.6) is 5.75 Å². The van der Waals surface area contributed by atoms with Crippen LogP contribution in [0.2, 0.25) is 0 Å². The van der Waals surface area contributed by atoms with Crippen molar-refractivity contribution in [2.45, 2.75) is 95.0 Å². The van der Waals surface area contributed by atoms with Crippen LogP contribution in [0.4, 0.5) is 0 Å². The van der Waals surface area contributed by atoms with Crippen molar-refractivity contribution in [2.75, 3.05) is 0 Å². The maximum Gasteiger partial charge on any atom is 0.129 e. The third-order valence-electron chi connectivity index (χ3n) is 9.76. The molecule has 0 spiro atoms. The van der Waals surface area contributed by atoms with Crippen LogP contribution in [0.15, 0.2) is 0 Å². The Kier molecular flexibility index (Phi) is 4.91. The topological polar surface area (TPSA) is 80.6 Å². The smallest absolute Gasteiger partial charge is 0.129 e. The molecule has 164 valence electrons. The van der Waals surface area contributed by atoms with Crippen LogP contribution >= 0.6 is 0 Å². The number of nitriles is 3. The van der Waals surface area contributed by atoms with E-state index in [2.05, 4.69) is 18.2 Å². The first-order valence-electron chi connectivity index (χ1n) is 12.9. The van der Waals surface area contributed by atoms with Gasteiger partial charge in [0.05, 0.1) is 16.7 Å². The molecule has 6 unspecified atom stereocenters. The molecule has 0 N–H and O–H groups in total. The van der Waals surface area contributed by atoms with Crippen LogP contribution in [0.25, 0.3) is 0 Å². The highest BCUT2D eigenvalue weighted by atomic mass is 16.5. The highest BCUT2D eigenvalue weighted by Crippen LogP contribution is 2.64. The molecule has 0 aromatic heterocycles. The zero-order valence-corrected chi connectivity index (χ0v) is 18.8. The van der Waals surface area contributed by atoms with Crippen LogP contribution in [0.1, 0.15) is 117 Å². The molecular formula is C28H31N3O. The van der Waals surface area contributed by atoms with Gasteiger partial charge in [-0.15, -0.1) is 0 Å². The second kappa shape index (κ2) is 7.81. The lowest BCUT2D eigenvalue weighted by Crippen LogP contribution is -2.23. The lowest BCUT2D eigenvalue weighted by Gasteiger charge is -2.32. The van der Waals surface area contributed by atoms with E-state index in [0.29, 0.717) is 34.4 Å². The minimum absolute atomic E-state index is 0.107. The number of hydrogen-bond acceptors (Lipinski definition) is 4. The van der Waals surface area contributed by atoms with E-state index >= 15 is 0 Å². The second-order valence-electron chi connectivity index (χ2n) is 10.9. The summed E-state index contributed by atoms with van der Waals surface area (Å²) in [5.41, 5.74) is 3.23. The summed E-state index contributed by atoms with van der Waals surface area (Å²) >= 11 is 0. The maximum absolute atomic E-state index is 10.3. The molecule has 0 saturated heterocycles. The van der Waals surface area contributed by atoms with Crippen molar-refractivity contribution in [2.24, 2.45) is 23.7 Å². The molecule has 4 aliphatic carbocycles. The molecule has 32 heavy (non-hydrogen) atoms. The highest BCUT2D eigenvalue weighted by Gasteiger charge is 2.54. The number of nitrogens with zero attached hydrogens (tertiary/aromatic N) is 3. The molecule has 4 nitrogen and oxygen atoms in total. The Morgan fingerprint density at radius 1 is 0.562 bits per heavy atom. The molecule has 0 radical (unpaired) electrons. The van der Waals surface area contributed by atoms with Gasteiger partial charge in [-0.1, -0.05) is 32.1 Å². The summed E-state index contributed by atoms with van der Waals surface area (Å²) in [6, 6.07) is 7.05. The second-order valence-corrected chi connectivity index (χ2v) is 10.9. The van der Waals surface area contributed by atoms with E-state index in [9.17, 15) is 15.8 Å². The zero-order valence-electron chi connectivity index (χ0n) is 18.8. The molecule has 0 amide bonds. The summed E-state index contributed by atoms with van der Waals surface area (Å²) in [6.45, 7) is 0. The lowest BCUT2D eigenvalue weighted by atomic mass is 9.70. The van der Waals surface area contributed by atoms with Gasteiger partial charge in [-0.05, 0) is 74.5 Å². The summed E-state index contributed by atoms with van der Waals surface area (Å²) in [5.74, 6) is 4.08. The van der Waals surface area contributed by atoms with Gasteiger partial charge in [-0.2, -0.15) is 15.8 Å². The Bertz CT molecular complexity index is 1050. The quantitative estimate of drug-likeness (QED) is 0.519. The number of rotatable bonds is 1. The first-order valence-corrected chi connectivity index (χ1v) is 12.9. The summed E-state index contributed by atoms with van der Waals surface area (Å²) in [4.78, 5) is 0. The Morgan fingerprint density at radius 3 is 1.66 bits per heavy atom. The molecule has 6 rings (SSSR count). The van der Waals surface area contributed by atoms with Crippen LogP contribution in [0.3, 0.4) is 0 Å². The fourth-order valence-electron chi connectivity index (χ4n) is 8.71. The molecule has 1 aliphatic heterocycles. The number of hydrogen-bond donors (Lipinski definition) is 0. The molecule has 0 bridgehead atoms. The van der Waals surface area contributed by atoms with E-state index in [0.717, 1.165) is 54.4 Å². The largest absolute Gasteiger partial charge is 0.489 e. The van der Waals surface area contributed by atoms with Crippen molar-refractivity contribution in [3.05, 3.63) is 27.8 Å². The van der Waals surface area contributed by atoms with E-state index < -0.39 is 0 Å². The molecule has 1 aromatic carbocycles. The van der Waals surface area contributed by atoms with Gasteiger partial charge in [0.2, 0.25) is 0 Å². The van der Waals surface area contributed by atoms with Gasteiger partial charge in [0.15, 0.2) is 0 Å². The Balaban J connectivity index is 1.60. The summed E-state index contributed by atoms with van der Waals surface area (Å²) in [6.07, 6.45) is 14.7. The van der Waals surface area contributed by atoms with Gasteiger partial charge in [-0.3, -0.25) is 0 Å². The molecule has 6 atom stereocenters.